The lowest BCUT2D eigenvalue weighted by Crippen LogP contribution is -2.14. The summed E-state index contributed by atoms with van der Waals surface area (Å²) in [6, 6.07) is 5.06. The molecule has 1 aromatic carbocycles. The Balaban J connectivity index is 2.76. The average Bonchev–Trinajstić information content (AvgIpc) is 2.10. The van der Waals surface area contributed by atoms with E-state index in [1.54, 1.807) is 12.1 Å². The van der Waals surface area contributed by atoms with E-state index in [9.17, 15) is 10.2 Å². The van der Waals surface area contributed by atoms with Crippen LogP contribution in [-0.2, 0) is 6.42 Å². The van der Waals surface area contributed by atoms with Crippen LogP contribution in [0.15, 0.2) is 18.2 Å². The molecule has 0 spiro atoms. The van der Waals surface area contributed by atoms with Gasteiger partial charge >= 0.3 is 0 Å². The third kappa shape index (κ3) is 3.46. The number of phenols is 2. The Labute approximate surface area is 91.6 Å². The first kappa shape index (κ1) is 11.9. The van der Waals surface area contributed by atoms with Crippen molar-refractivity contribution in [2.24, 2.45) is 5.41 Å². The van der Waals surface area contributed by atoms with Gasteiger partial charge in [-0.1, -0.05) is 33.3 Å². The van der Waals surface area contributed by atoms with Gasteiger partial charge in [0.15, 0.2) is 11.5 Å². The highest BCUT2D eigenvalue weighted by Crippen LogP contribution is 2.31. The van der Waals surface area contributed by atoms with Gasteiger partial charge in [0, 0.05) is 0 Å². The van der Waals surface area contributed by atoms with E-state index >= 15 is 0 Å². The average molecular weight is 208 g/mol. The Kier molecular flexibility index (Phi) is 3.61. The molecule has 1 aromatic rings. The number of hydrogen-bond donors (Lipinski definition) is 2. The zero-order valence-corrected chi connectivity index (χ0v) is 9.75. The first-order valence-corrected chi connectivity index (χ1v) is 5.45. The summed E-state index contributed by atoms with van der Waals surface area (Å²) in [5.41, 5.74) is 1.32. The molecule has 0 radical (unpaired) electrons. The molecule has 0 aliphatic carbocycles. The van der Waals surface area contributed by atoms with Crippen molar-refractivity contribution in [2.45, 2.75) is 40.0 Å². The van der Waals surface area contributed by atoms with Gasteiger partial charge in [-0.3, -0.25) is 0 Å². The molecule has 2 heteroatoms. The van der Waals surface area contributed by atoms with Crippen LogP contribution in [0.2, 0.25) is 0 Å². The van der Waals surface area contributed by atoms with Crippen molar-refractivity contribution < 1.29 is 10.2 Å². The van der Waals surface area contributed by atoms with Crippen LogP contribution in [0.1, 0.15) is 39.2 Å². The Morgan fingerprint density at radius 3 is 2.33 bits per heavy atom. The summed E-state index contributed by atoms with van der Waals surface area (Å²) in [7, 11) is 0. The van der Waals surface area contributed by atoms with Crippen LogP contribution in [-0.4, -0.2) is 10.2 Å². The molecule has 0 bridgehead atoms. The van der Waals surface area contributed by atoms with Gasteiger partial charge in [-0.15, -0.1) is 0 Å². The fourth-order valence-corrected chi connectivity index (χ4v) is 2.00. The van der Waals surface area contributed by atoms with Gasteiger partial charge in [-0.25, -0.2) is 0 Å². The molecule has 84 valence electrons. The van der Waals surface area contributed by atoms with Gasteiger partial charge < -0.3 is 10.2 Å². The molecule has 0 aliphatic heterocycles. The topological polar surface area (TPSA) is 40.5 Å². The molecule has 15 heavy (non-hydrogen) atoms. The molecule has 0 saturated carbocycles. The zero-order chi connectivity index (χ0) is 11.5. The first-order chi connectivity index (χ1) is 6.94. The summed E-state index contributed by atoms with van der Waals surface area (Å²) < 4.78 is 0. The van der Waals surface area contributed by atoms with Crippen LogP contribution < -0.4 is 0 Å². The number of benzene rings is 1. The van der Waals surface area contributed by atoms with Gasteiger partial charge in [0.1, 0.15) is 0 Å². The van der Waals surface area contributed by atoms with Gasteiger partial charge in [-0.2, -0.15) is 0 Å². The molecular weight excluding hydrogens is 188 g/mol. The largest absolute Gasteiger partial charge is 0.504 e. The van der Waals surface area contributed by atoms with Crippen molar-refractivity contribution in [2.75, 3.05) is 0 Å². The maximum atomic E-state index is 9.38. The Hall–Kier alpha value is -1.18. The molecule has 2 nitrogen and oxygen atoms in total. The van der Waals surface area contributed by atoms with Crippen molar-refractivity contribution >= 4 is 0 Å². The van der Waals surface area contributed by atoms with E-state index in [0.717, 1.165) is 24.8 Å². The van der Waals surface area contributed by atoms with E-state index in [0.29, 0.717) is 0 Å². The molecule has 0 unspecified atom stereocenters. The Bertz CT molecular complexity index is 329. The summed E-state index contributed by atoms with van der Waals surface area (Å²) >= 11 is 0. The zero-order valence-electron chi connectivity index (χ0n) is 9.75. The first-order valence-electron chi connectivity index (χ1n) is 5.45. The summed E-state index contributed by atoms with van der Waals surface area (Å²) in [4.78, 5) is 0. The molecule has 0 aromatic heterocycles. The minimum absolute atomic E-state index is 0.0280. The summed E-state index contributed by atoms with van der Waals surface area (Å²) in [5, 5.41) is 18.6. The van der Waals surface area contributed by atoms with Crippen molar-refractivity contribution in [1.82, 2.24) is 0 Å². The summed E-state index contributed by atoms with van der Waals surface area (Å²) in [6.07, 6.45) is 3.25. The van der Waals surface area contributed by atoms with Gasteiger partial charge in [0.2, 0.25) is 0 Å². The Morgan fingerprint density at radius 1 is 1.13 bits per heavy atom. The summed E-state index contributed by atoms with van der Waals surface area (Å²) in [6.45, 7) is 6.62. The highest BCUT2D eigenvalue weighted by Gasteiger charge is 2.17. The molecule has 1 rings (SSSR count). The fourth-order valence-electron chi connectivity index (χ4n) is 2.00. The standard InChI is InChI=1S/C13H20O2/c1-4-7-13(2,3)9-10-5-6-11(14)12(15)8-10/h5-6,8,14-15H,4,7,9H2,1-3H3. The summed E-state index contributed by atoms with van der Waals surface area (Å²) in [5.74, 6) is -0.0770. The number of hydrogen-bond acceptors (Lipinski definition) is 2. The van der Waals surface area contributed by atoms with E-state index in [1.165, 1.54) is 0 Å². The highest BCUT2D eigenvalue weighted by molar-refractivity contribution is 5.40. The van der Waals surface area contributed by atoms with E-state index in [4.69, 9.17) is 0 Å². The predicted molar refractivity (Wildman–Crippen MR) is 62.2 cm³/mol. The monoisotopic (exact) mass is 208 g/mol. The Morgan fingerprint density at radius 2 is 1.80 bits per heavy atom. The number of aromatic hydroxyl groups is 2. The van der Waals surface area contributed by atoms with Crippen molar-refractivity contribution in [1.29, 1.82) is 0 Å². The van der Waals surface area contributed by atoms with E-state index in [-0.39, 0.29) is 16.9 Å². The van der Waals surface area contributed by atoms with Gasteiger partial charge in [0.25, 0.3) is 0 Å². The molecule has 0 heterocycles. The predicted octanol–water partition coefficient (Wildman–Crippen LogP) is 3.47. The van der Waals surface area contributed by atoms with Crippen molar-refractivity contribution in [3.63, 3.8) is 0 Å². The highest BCUT2D eigenvalue weighted by atomic mass is 16.3. The maximum Gasteiger partial charge on any atom is 0.157 e. The molecular formula is C13H20O2. The number of phenolic OH excluding ortho intramolecular Hbond substituents is 2. The third-order valence-corrected chi connectivity index (χ3v) is 2.65. The lowest BCUT2D eigenvalue weighted by molar-refractivity contribution is 0.328. The number of rotatable bonds is 4. The van der Waals surface area contributed by atoms with Crippen LogP contribution in [0.25, 0.3) is 0 Å². The maximum absolute atomic E-state index is 9.38. The van der Waals surface area contributed by atoms with Crippen LogP contribution >= 0.6 is 0 Å². The van der Waals surface area contributed by atoms with E-state index in [2.05, 4.69) is 20.8 Å². The smallest absolute Gasteiger partial charge is 0.157 e. The van der Waals surface area contributed by atoms with Crippen LogP contribution in [0.5, 0.6) is 11.5 Å². The second-order valence-electron chi connectivity index (χ2n) is 4.91. The lowest BCUT2D eigenvalue weighted by atomic mass is 9.82. The van der Waals surface area contributed by atoms with Gasteiger partial charge in [0.05, 0.1) is 0 Å². The second kappa shape index (κ2) is 4.56. The molecule has 0 aliphatic rings. The van der Waals surface area contributed by atoms with Crippen LogP contribution in [0.4, 0.5) is 0 Å². The third-order valence-electron chi connectivity index (χ3n) is 2.65. The lowest BCUT2D eigenvalue weighted by Gasteiger charge is -2.24. The second-order valence-corrected chi connectivity index (χ2v) is 4.91. The van der Waals surface area contributed by atoms with E-state index < -0.39 is 0 Å². The van der Waals surface area contributed by atoms with E-state index in [1.807, 2.05) is 6.07 Å². The quantitative estimate of drug-likeness (QED) is 0.744. The fraction of sp³-hybridized carbons (Fsp3) is 0.538. The van der Waals surface area contributed by atoms with Crippen LogP contribution in [0, 0.1) is 5.41 Å². The SMILES string of the molecule is CCCC(C)(C)Cc1ccc(O)c(O)c1. The molecule has 0 saturated heterocycles. The minimum atomic E-state index is -0.0490. The minimum Gasteiger partial charge on any atom is -0.504 e. The normalized spacial score (nSPS) is 11.7. The molecule has 2 N–H and O–H groups in total. The van der Waals surface area contributed by atoms with Crippen molar-refractivity contribution in [3.8, 4) is 11.5 Å². The molecule has 0 amide bonds. The van der Waals surface area contributed by atoms with Crippen molar-refractivity contribution in [3.05, 3.63) is 23.8 Å². The molecule has 0 atom stereocenters. The molecule has 0 fully saturated rings. The van der Waals surface area contributed by atoms with Gasteiger partial charge in [-0.05, 0) is 36.0 Å². The van der Waals surface area contributed by atoms with Crippen LogP contribution in [0.3, 0.4) is 0 Å².